The molecule has 148 valence electrons. The van der Waals surface area contributed by atoms with Gasteiger partial charge in [-0.1, -0.05) is 42.5 Å². The smallest absolute Gasteiger partial charge is 0.267 e. The zero-order valence-electron chi connectivity index (χ0n) is 15.4. The molecule has 8 heteroatoms. The van der Waals surface area contributed by atoms with E-state index in [9.17, 15) is 13.2 Å². The predicted molar refractivity (Wildman–Crippen MR) is 104 cm³/mol. The highest BCUT2D eigenvalue weighted by Crippen LogP contribution is 2.31. The van der Waals surface area contributed by atoms with E-state index in [0.717, 1.165) is 5.56 Å². The van der Waals surface area contributed by atoms with E-state index in [1.165, 1.54) is 4.31 Å². The third-order valence-electron chi connectivity index (χ3n) is 4.92. The number of fused-ring (bicyclic) bond motifs is 1. The van der Waals surface area contributed by atoms with Crippen LogP contribution in [0.4, 0.5) is 0 Å². The molecule has 0 saturated carbocycles. The van der Waals surface area contributed by atoms with E-state index in [0.29, 0.717) is 24.6 Å². The Morgan fingerprint density at radius 3 is 2.29 bits per heavy atom. The summed E-state index contributed by atoms with van der Waals surface area (Å²) < 4.78 is 38.1. The van der Waals surface area contributed by atoms with Crippen molar-refractivity contribution in [3.05, 3.63) is 60.2 Å². The van der Waals surface area contributed by atoms with Crippen LogP contribution < -0.4 is 9.47 Å². The summed E-state index contributed by atoms with van der Waals surface area (Å²) >= 11 is 0. The van der Waals surface area contributed by atoms with Crippen molar-refractivity contribution in [3.8, 4) is 11.5 Å². The van der Waals surface area contributed by atoms with E-state index >= 15 is 0 Å². The third-order valence-corrected chi connectivity index (χ3v) is 6.77. The van der Waals surface area contributed by atoms with Crippen LogP contribution >= 0.6 is 0 Å². The molecule has 0 spiro atoms. The predicted octanol–water partition coefficient (Wildman–Crippen LogP) is 1.50. The topological polar surface area (TPSA) is 76.2 Å². The van der Waals surface area contributed by atoms with Crippen LogP contribution in [-0.4, -0.2) is 62.4 Å². The van der Waals surface area contributed by atoms with Crippen molar-refractivity contribution in [1.82, 2.24) is 9.21 Å². The minimum atomic E-state index is -3.41. The Morgan fingerprint density at radius 1 is 0.929 bits per heavy atom. The first-order valence-electron chi connectivity index (χ1n) is 9.22. The molecule has 0 N–H and O–H groups in total. The molecule has 0 bridgehead atoms. The zero-order valence-corrected chi connectivity index (χ0v) is 16.2. The minimum absolute atomic E-state index is 0.0296. The number of carbonyl (C=O) groups excluding carboxylic acids is 1. The molecule has 2 aliphatic rings. The van der Waals surface area contributed by atoms with Gasteiger partial charge in [0.1, 0.15) is 6.61 Å². The maximum atomic E-state index is 12.8. The second-order valence-corrected chi connectivity index (χ2v) is 8.80. The van der Waals surface area contributed by atoms with Crippen LogP contribution in [-0.2, 0) is 20.6 Å². The molecule has 1 amide bonds. The van der Waals surface area contributed by atoms with Crippen molar-refractivity contribution >= 4 is 15.9 Å². The van der Waals surface area contributed by atoms with Gasteiger partial charge in [0.2, 0.25) is 16.1 Å². The lowest BCUT2D eigenvalue weighted by atomic mass is 10.2. The molecule has 7 nitrogen and oxygen atoms in total. The van der Waals surface area contributed by atoms with Gasteiger partial charge in [-0.2, -0.15) is 4.31 Å². The van der Waals surface area contributed by atoms with Gasteiger partial charge in [0, 0.05) is 26.2 Å². The van der Waals surface area contributed by atoms with Gasteiger partial charge in [0.15, 0.2) is 11.5 Å². The molecule has 2 aromatic carbocycles. The van der Waals surface area contributed by atoms with Gasteiger partial charge in [-0.05, 0) is 17.7 Å². The van der Waals surface area contributed by atoms with Crippen molar-refractivity contribution in [2.75, 3.05) is 32.8 Å². The molecule has 1 atom stereocenters. The molecular weight excluding hydrogens is 380 g/mol. The van der Waals surface area contributed by atoms with E-state index in [-0.39, 0.29) is 31.4 Å². The summed E-state index contributed by atoms with van der Waals surface area (Å²) in [5.74, 6) is 0.979. The second-order valence-electron chi connectivity index (χ2n) is 6.83. The molecule has 0 radical (unpaired) electrons. The number of benzene rings is 2. The van der Waals surface area contributed by atoms with E-state index < -0.39 is 16.1 Å². The summed E-state index contributed by atoms with van der Waals surface area (Å²) in [5, 5.41) is 0. The van der Waals surface area contributed by atoms with Crippen molar-refractivity contribution in [1.29, 1.82) is 0 Å². The number of nitrogens with zero attached hydrogens (tertiary/aromatic N) is 2. The fraction of sp³-hybridized carbons (Fsp3) is 0.350. The molecule has 28 heavy (non-hydrogen) atoms. The third kappa shape index (κ3) is 3.98. The summed E-state index contributed by atoms with van der Waals surface area (Å²) in [6.45, 7) is 1.40. The Balaban J connectivity index is 1.34. The van der Waals surface area contributed by atoms with E-state index in [1.54, 1.807) is 29.2 Å². The fourth-order valence-corrected chi connectivity index (χ4v) is 4.92. The number of piperazine rings is 1. The normalized spacial score (nSPS) is 20.0. The molecule has 0 aliphatic carbocycles. The van der Waals surface area contributed by atoms with E-state index in [1.807, 2.05) is 30.3 Å². The van der Waals surface area contributed by atoms with Gasteiger partial charge < -0.3 is 14.4 Å². The first-order valence-corrected chi connectivity index (χ1v) is 10.8. The average Bonchev–Trinajstić information content (AvgIpc) is 2.73. The lowest BCUT2D eigenvalue weighted by Gasteiger charge is -2.36. The van der Waals surface area contributed by atoms with Crippen LogP contribution in [0.5, 0.6) is 11.5 Å². The highest BCUT2D eigenvalue weighted by atomic mass is 32.2. The number of para-hydroxylation sites is 2. The van der Waals surface area contributed by atoms with Crippen molar-refractivity contribution < 1.29 is 22.7 Å². The van der Waals surface area contributed by atoms with Crippen LogP contribution in [0.1, 0.15) is 5.56 Å². The molecule has 2 aliphatic heterocycles. The number of rotatable bonds is 4. The van der Waals surface area contributed by atoms with Gasteiger partial charge in [-0.3, -0.25) is 4.79 Å². The van der Waals surface area contributed by atoms with Crippen LogP contribution in [0.15, 0.2) is 54.6 Å². The molecule has 1 saturated heterocycles. The maximum absolute atomic E-state index is 12.8. The van der Waals surface area contributed by atoms with Gasteiger partial charge in [-0.25, -0.2) is 8.42 Å². The van der Waals surface area contributed by atoms with E-state index in [4.69, 9.17) is 9.47 Å². The van der Waals surface area contributed by atoms with Crippen molar-refractivity contribution in [2.24, 2.45) is 0 Å². The number of sulfonamides is 1. The van der Waals surface area contributed by atoms with E-state index in [2.05, 4.69) is 0 Å². The van der Waals surface area contributed by atoms with Gasteiger partial charge >= 0.3 is 0 Å². The van der Waals surface area contributed by atoms with Gasteiger partial charge in [-0.15, -0.1) is 0 Å². The lowest BCUT2D eigenvalue weighted by molar-refractivity contribution is -0.142. The first kappa shape index (κ1) is 18.8. The van der Waals surface area contributed by atoms with Crippen LogP contribution in [0.3, 0.4) is 0 Å². The summed E-state index contributed by atoms with van der Waals surface area (Å²) in [7, 11) is -3.41. The monoisotopic (exact) mass is 402 g/mol. The number of ether oxygens (including phenoxy) is 2. The first-order chi connectivity index (χ1) is 13.5. The Kier molecular flexibility index (Phi) is 5.23. The molecule has 0 aromatic heterocycles. The highest BCUT2D eigenvalue weighted by Gasteiger charge is 2.34. The molecule has 1 unspecified atom stereocenters. The fourth-order valence-electron chi connectivity index (χ4n) is 3.41. The lowest BCUT2D eigenvalue weighted by Crippen LogP contribution is -2.55. The Labute approximate surface area is 164 Å². The summed E-state index contributed by atoms with van der Waals surface area (Å²) in [4.78, 5) is 14.4. The highest BCUT2D eigenvalue weighted by molar-refractivity contribution is 7.88. The number of carbonyl (C=O) groups is 1. The van der Waals surface area contributed by atoms with Crippen molar-refractivity contribution in [3.63, 3.8) is 0 Å². The van der Waals surface area contributed by atoms with Crippen LogP contribution in [0.2, 0.25) is 0 Å². The molecule has 4 rings (SSSR count). The maximum Gasteiger partial charge on any atom is 0.267 e. The molecular formula is C20H22N2O5S. The van der Waals surface area contributed by atoms with Crippen molar-refractivity contribution in [2.45, 2.75) is 11.9 Å². The Hall–Kier alpha value is -2.58. The van der Waals surface area contributed by atoms with Gasteiger partial charge in [0.25, 0.3) is 5.91 Å². The summed E-state index contributed by atoms with van der Waals surface area (Å²) in [5.41, 5.74) is 0.757. The quantitative estimate of drug-likeness (QED) is 0.775. The van der Waals surface area contributed by atoms with Crippen LogP contribution in [0, 0.1) is 0 Å². The number of hydrogen-bond donors (Lipinski definition) is 0. The molecule has 2 aromatic rings. The molecule has 2 heterocycles. The standard InChI is InChI=1S/C20H22N2O5S/c23-20(19-14-26-17-8-4-5-9-18(17)27-19)21-10-12-22(13-11-21)28(24,25)15-16-6-2-1-3-7-16/h1-9,19H,10-15H2. The van der Waals surface area contributed by atoms with Crippen LogP contribution in [0.25, 0.3) is 0 Å². The number of amides is 1. The molecule has 1 fully saturated rings. The second kappa shape index (κ2) is 7.81. The number of hydrogen-bond acceptors (Lipinski definition) is 5. The average molecular weight is 402 g/mol. The Morgan fingerprint density at radius 2 is 1.57 bits per heavy atom. The van der Waals surface area contributed by atoms with Gasteiger partial charge in [0.05, 0.1) is 5.75 Å². The summed E-state index contributed by atoms with van der Waals surface area (Å²) in [6, 6.07) is 16.3. The SMILES string of the molecule is O=C(C1COc2ccccc2O1)N1CCN(S(=O)(=O)Cc2ccccc2)CC1. The largest absolute Gasteiger partial charge is 0.485 e. The minimum Gasteiger partial charge on any atom is -0.485 e. The Bertz CT molecular complexity index is 940. The zero-order chi connectivity index (χ0) is 19.6. The summed E-state index contributed by atoms with van der Waals surface area (Å²) in [6.07, 6.45) is -0.706.